The van der Waals surface area contributed by atoms with Crippen molar-refractivity contribution in [1.29, 1.82) is 0 Å². The maximum Gasteiger partial charge on any atom is 0.416 e. The molecule has 0 N–H and O–H groups in total. The number of hydrogen-bond donors (Lipinski definition) is 0. The first-order valence-corrected chi connectivity index (χ1v) is 13.0. The van der Waals surface area contributed by atoms with Gasteiger partial charge in [0, 0.05) is 10.8 Å². The van der Waals surface area contributed by atoms with Gasteiger partial charge < -0.3 is 4.74 Å². The number of hydrogen-bond acceptors (Lipinski definition) is 1. The van der Waals surface area contributed by atoms with Gasteiger partial charge in [-0.1, -0.05) is 47.3 Å². The molecular weight excluding hydrogens is 421 g/mol. The van der Waals surface area contributed by atoms with E-state index >= 15 is 0 Å². The first-order valence-electron chi connectivity index (χ1n) is 13.0. The minimum atomic E-state index is -4.28. The summed E-state index contributed by atoms with van der Waals surface area (Å²) in [5, 5.41) is 0. The Kier molecular flexibility index (Phi) is 6.02. The van der Waals surface area contributed by atoms with Crippen LogP contribution in [0.5, 0.6) is 0 Å². The minimum absolute atomic E-state index is 0.0204. The van der Waals surface area contributed by atoms with Crippen molar-refractivity contribution in [3.05, 3.63) is 46.7 Å². The Balaban J connectivity index is 0.00000126. The summed E-state index contributed by atoms with van der Waals surface area (Å²) in [6.45, 7) is 16.7. The van der Waals surface area contributed by atoms with Crippen LogP contribution in [0.1, 0.15) is 108 Å². The molecule has 0 bridgehead atoms. The second-order valence-corrected chi connectivity index (χ2v) is 11.7. The number of halogens is 3. The Morgan fingerprint density at radius 1 is 0.970 bits per heavy atom. The quantitative estimate of drug-likeness (QED) is 0.374. The highest BCUT2D eigenvalue weighted by atomic mass is 19.4. The Morgan fingerprint density at radius 3 is 2.30 bits per heavy atom. The van der Waals surface area contributed by atoms with Crippen LogP contribution in [0, 0.1) is 29.6 Å². The molecule has 5 rings (SSSR count). The minimum Gasteiger partial charge on any atom is -0.491 e. The van der Waals surface area contributed by atoms with Crippen molar-refractivity contribution < 1.29 is 17.9 Å². The van der Waals surface area contributed by atoms with E-state index in [0.717, 1.165) is 68.3 Å². The molecule has 4 aliphatic rings. The standard InChI is InChI=1S/C27H35F3O.C2H6/c1-16-14-18-6-7-20-19(21(18)15-23(16)27(28,29)30)8-10-25(5)22(20)9-11-26(25)13-12-24(3,4)17(2)31-26;1-2/h14-15,19-20,22H,2,6-13H2,1,3-5H3;1-2H3. The van der Waals surface area contributed by atoms with E-state index in [1.54, 1.807) is 6.92 Å². The van der Waals surface area contributed by atoms with Gasteiger partial charge in [0.25, 0.3) is 0 Å². The largest absolute Gasteiger partial charge is 0.491 e. The van der Waals surface area contributed by atoms with Crippen LogP contribution in [0.25, 0.3) is 0 Å². The first kappa shape index (κ1) is 24.7. The van der Waals surface area contributed by atoms with Gasteiger partial charge in [0.05, 0.1) is 11.3 Å². The lowest BCUT2D eigenvalue weighted by atomic mass is 9.52. The zero-order chi connectivity index (χ0) is 24.4. The Hall–Kier alpha value is -1.45. The van der Waals surface area contributed by atoms with Crippen LogP contribution in [0.3, 0.4) is 0 Å². The molecule has 3 fully saturated rings. The van der Waals surface area contributed by atoms with E-state index < -0.39 is 11.7 Å². The second kappa shape index (κ2) is 8.05. The molecule has 2 saturated carbocycles. The van der Waals surface area contributed by atoms with Crippen molar-refractivity contribution in [3.63, 3.8) is 0 Å². The molecule has 1 aromatic carbocycles. The van der Waals surface area contributed by atoms with E-state index in [0.29, 0.717) is 17.4 Å². The van der Waals surface area contributed by atoms with Gasteiger partial charge in [-0.2, -0.15) is 13.2 Å². The van der Waals surface area contributed by atoms with Gasteiger partial charge in [-0.15, -0.1) is 0 Å². The van der Waals surface area contributed by atoms with Gasteiger partial charge in [-0.3, -0.25) is 0 Å². The molecule has 1 spiro atoms. The van der Waals surface area contributed by atoms with E-state index in [-0.39, 0.29) is 22.3 Å². The topological polar surface area (TPSA) is 9.23 Å². The van der Waals surface area contributed by atoms with E-state index in [1.807, 2.05) is 19.9 Å². The lowest BCUT2D eigenvalue weighted by molar-refractivity contribution is -0.158. The molecule has 5 unspecified atom stereocenters. The van der Waals surface area contributed by atoms with Gasteiger partial charge >= 0.3 is 6.18 Å². The Morgan fingerprint density at radius 2 is 1.67 bits per heavy atom. The molecule has 33 heavy (non-hydrogen) atoms. The molecule has 4 heteroatoms. The predicted molar refractivity (Wildman–Crippen MR) is 128 cm³/mol. The van der Waals surface area contributed by atoms with E-state index in [2.05, 4.69) is 27.4 Å². The fourth-order valence-electron chi connectivity index (χ4n) is 7.80. The number of rotatable bonds is 0. The highest BCUT2D eigenvalue weighted by Crippen LogP contribution is 2.68. The first-order chi connectivity index (χ1) is 15.4. The number of benzene rings is 1. The predicted octanol–water partition coefficient (Wildman–Crippen LogP) is 8.99. The van der Waals surface area contributed by atoms with Crippen LogP contribution in [0.15, 0.2) is 24.5 Å². The Bertz CT molecular complexity index is 930. The van der Waals surface area contributed by atoms with Gasteiger partial charge in [0.2, 0.25) is 0 Å². The van der Waals surface area contributed by atoms with Crippen LogP contribution in [-0.2, 0) is 17.3 Å². The molecule has 0 aromatic heterocycles. The van der Waals surface area contributed by atoms with Crippen LogP contribution in [0.2, 0.25) is 0 Å². The zero-order valence-electron chi connectivity index (χ0n) is 21.3. The SMILES string of the molecule is C=C1OC2(CCC3C4CCc5cc(C)c(C(F)(F)F)cc5C4CCC32C)CCC1(C)C.CC. The molecule has 1 heterocycles. The van der Waals surface area contributed by atoms with Crippen molar-refractivity contribution in [3.8, 4) is 0 Å². The summed E-state index contributed by atoms with van der Waals surface area (Å²) in [5.74, 6) is 2.15. The number of ether oxygens (including phenoxy) is 1. The van der Waals surface area contributed by atoms with Crippen LogP contribution >= 0.6 is 0 Å². The van der Waals surface area contributed by atoms with Gasteiger partial charge in [-0.25, -0.2) is 0 Å². The molecule has 1 nitrogen and oxygen atoms in total. The average Bonchev–Trinajstić information content (AvgIpc) is 3.03. The van der Waals surface area contributed by atoms with E-state index in [4.69, 9.17) is 4.74 Å². The van der Waals surface area contributed by atoms with Crippen LogP contribution in [-0.4, -0.2) is 5.60 Å². The maximum absolute atomic E-state index is 13.6. The molecule has 5 atom stereocenters. The zero-order valence-corrected chi connectivity index (χ0v) is 21.3. The maximum atomic E-state index is 13.6. The third-order valence-electron chi connectivity index (χ3n) is 9.89. The van der Waals surface area contributed by atoms with Crippen molar-refractivity contribution in [1.82, 2.24) is 0 Å². The van der Waals surface area contributed by atoms with Crippen molar-refractivity contribution >= 4 is 0 Å². The van der Waals surface area contributed by atoms with Crippen molar-refractivity contribution in [2.75, 3.05) is 0 Å². The van der Waals surface area contributed by atoms with Gasteiger partial charge in [0.1, 0.15) is 5.60 Å². The number of alkyl halides is 3. The highest BCUT2D eigenvalue weighted by molar-refractivity contribution is 5.43. The lowest BCUT2D eigenvalue weighted by Gasteiger charge is -2.57. The van der Waals surface area contributed by atoms with Crippen LogP contribution < -0.4 is 0 Å². The fourth-order valence-corrected chi connectivity index (χ4v) is 7.80. The van der Waals surface area contributed by atoms with Crippen LogP contribution in [0.4, 0.5) is 13.2 Å². The van der Waals surface area contributed by atoms with Crippen molar-refractivity contribution in [2.24, 2.45) is 22.7 Å². The number of aryl methyl sites for hydroxylation is 2. The third-order valence-corrected chi connectivity index (χ3v) is 9.89. The average molecular weight is 463 g/mol. The highest BCUT2D eigenvalue weighted by Gasteiger charge is 2.65. The molecule has 3 aliphatic carbocycles. The van der Waals surface area contributed by atoms with E-state index in [1.165, 1.54) is 6.07 Å². The molecular formula is C29H41F3O. The molecule has 1 aliphatic heterocycles. The fraction of sp³-hybridized carbons (Fsp3) is 0.724. The summed E-state index contributed by atoms with van der Waals surface area (Å²) < 4.78 is 47.6. The summed E-state index contributed by atoms with van der Waals surface area (Å²) in [5.41, 5.74) is 2.01. The lowest BCUT2D eigenvalue weighted by Crippen LogP contribution is -2.54. The smallest absolute Gasteiger partial charge is 0.416 e. The number of fused-ring (bicyclic) bond motifs is 6. The summed E-state index contributed by atoms with van der Waals surface area (Å²) in [6.07, 6.45) is 4.04. The summed E-state index contributed by atoms with van der Waals surface area (Å²) in [4.78, 5) is 0. The summed E-state index contributed by atoms with van der Waals surface area (Å²) in [6, 6.07) is 3.31. The second-order valence-electron chi connectivity index (χ2n) is 11.7. The molecule has 0 amide bonds. The van der Waals surface area contributed by atoms with Gasteiger partial charge in [0.15, 0.2) is 0 Å². The molecule has 1 saturated heterocycles. The molecule has 0 radical (unpaired) electrons. The van der Waals surface area contributed by atoms with E-state index in [9.17, 15) is 13.2 Å². The monoisotopic (exact) mass is 462 g/mol. The van der Waals surface area contributed by atoms with Gasteiger partial charge in [-0.05, 0) is 98.8 Å². The third kappa shape index (κ3) is 3.65. The summed E-state index contributed by atoms with van der Waals surface area (Å²) in [7, 11) is 0. The van der Waals surface area contributed by atoms with Crippen molar-refractivity contribution in [2.45, 2.75) is 111 Å². The Labute approximate surface area is 198 Å². The molecule has 184 valence electrons. The number of allylic oxidation sites excluding steroid dienone is 1. The molecule has 1 aromatic rings. The normalized spacial score (nSPS) is 36.8. The summed E-state index contributed by atoms with van der Waals surface area (Å²) >= 11 is 0.